The number of benzene rings is 2. The number of amides is 1. The van der Waals surface area contributed by atoms with Crippen molar-refractivity contribution in [1.82, 2.24) is 4.90 Å². The maximum Gasteiger partial charge on any atom is 0.338 e. The summed E-state index contributed by atoms with van der Waals surface area (Å²) < 4.78 is 33.1. The number of likely N-dealkylation sites (tertiary alicyclic amines) is 1. The zero-order valence-corrected chi connectivity index (χ0v) is 19.7. The van der Waals surface area contributed by atoms with E-state index in [-0.39, 0.29) is 35.6 Å². The highest BCUT2D eigenvalue weighted by molar-refractivity contribution is 7.92. The van der Waals surface area contributed by atoms with Crippen molar-refractivity contribution in [3.05, 3.63) is 72.8 Å². The Morgan fingerprint density at radius 1 is 1.15 bits per heavy atom. The van der Waals surface area contributed by atoms with Crippen LogP contribution < -0.4 is 4.31 Å². The van der Waals surface area contributed by atoms with Gasteiger partial charge >= 0.3 is 5.97 Å². The second kappa shape index (κ2) is 11.1. The largest absolute Gasteiger partial charge is 0.452 e. The van der Waals surface area contributed by atoms with Gasteiger partial charge in [-0.25, -0.2) is 13.2 Å². The van der Waals surface area contributed by atoms with Crippen LogP contribution in [0.15, 0.2) is 72.1 Å². The van der Waals surface area contributed by atoms with Gasteiger partial charge in [-0.2, -0.15) is 0 Å². The molecule has 2 aromatic rings. The summed E-state index contributed by atoms with van der Waals surface area (Å²) in [5.41, 5.74) is 0.559. The number of ether oxygens (including phenoxy) is 1. The quantitative estimate of drug-likeness (QED) is 0.408. The standard InChI is InChI=1S/C25H30N2O5S/c1-3-16-27(22-13-6-5-7-14-22)33(30,31)23-15-10-11-20(18-23)25(29)32-19-24(28)26-17-9-8-12-21(26)4-2/h3,5-7,10-11,13-15,18,21H,1,4,8-9,12,16-17,19H2,2H3. The summed E-state index contributed by atoms with van der Waals surface area (Å²) >= 11 is 0. The van der Waals surface area contributed by atoms with E-state index in [1.807, 2.05) is 6.92 Å². The summed E-state index contributed by atoms with van der Waals surface area (Å²) in [5, 5.41) is 0. The molecule has 0 spiro atoms. The lowest BCUT2D eigenvalue weighted by molar-refractivity contribution is -0.138. The van der Waals surface area contributed by atoms with Crippen molar-refractivity contribution in [2.75, 3.05) is 24.0 Å². The summed E-state index contributed by atoms with van der Waals surface area (Å²) in [6, 6.07) is 14.5. The van der Waals surface area contributed by atoms with Crippen molar-refractivity contribution in [3.8, 4) is 0 Å². The Labute approximate surface area is 195 Å². The van der Waals surface area contributed by atoms with Crippen molar-refractivity contribution in [2.45, 2.75) is 43.5 Å². The predicted octanol–water partition coefficient (Wildman–Crippen LogP) is 4.02. The Morgan fingerprint density at radius 2 is 1.91 bits per heavy atom. The van der Waals surface area contributed by atoms with E-state index in [1.165, 1.54) is 34.6 Å². The molecule has 1 saturated heterocycles. The van der Waals surface area contributed by atoms with Crippen LogP contribution >= 0.6 is 0 Å². The Hall–Kier alpha value is -3.13. The van der Waals surface area contributed by atoms with E-state index in [4.69, 9.17) is 4.74 Å². The number of piperidine rings is 1. The number of nitrogens with zero attached hydrogens (tertiary/aromatic N) is 2. The summed E-state index contributed by atoms with van der Waals surface area (Å²) in [6.07, 6.45) is 5.35. The monoisotopic (exact) mass is 470 g/mol. The topological polar surface area (TPSA) is 84.0 Å². The highest BCUT2D eigenvalue weighted by atomic mass is 32.2. The molecule has 2 aromatic carbocycles. The van der Waals surface area contributed by atoms with Gasteiger partial charge < -0.3 is 9.64 Å². The van der Waals surface area contributed by atoms with Crippen LogP contribution in [0.1, 0.15) is 43.0 Å². The molecule has 1 amide bonds. The number of sulfonamides is 1. The fourth-order valence-corrected chi connectivity index (χ4v) is 5.49. The zero-order chi connectivity index (χ0) is 23.8. The lowest BCUT2D eigenvalue weighted by atomic mass is 10.00. The van der Waals surface area contributed by atoms with Gasteiger partial charge in [-0.1, -0.05) is 37.3 Å². The number of hydrogen-bond donors (Lipinski definition) is 0. The Morgan fingerprint density at radius 3 is 2.61 bits per heavy atom. The summed E-state index contributed by atoms with van der Waals surface area (Å²) in [4.78, 5) is 26.9. The van der Waals surface area contributed by atoms with Crippen LogP contribution in [-0.2, 0) is 19.6 Å². The van der Waals surface area contributed by atoms with Gasteiger partial charge in [0.05, 0.1) is 22.7 Å². The highest BCUT2D eigenvalue weighted by Gasteiger charge is 2.27. The fraction of sp³-hybridized carbons (Fsp3) is 0.360. The highest BCUT2D eigenvalue weighted by Crippen LogP contribution is 2.24. The van der Waals surface area contributed by atoms with E-state index in [9.17, 15) is 18.0 Å². The van der Waals surface area contributed by atoms with E-state index in [0.29, 0.717) is 12.2 Å². The van der Waals surface area contributed by atoms with E-state index in [2.05, 4.69) is 6.58 Å². The van der Waals surface area contributed by atoms with Gasteiger partial charge in [-0.05, 0) is 56.0 Å². The number of para-hydroxylation sites is 1. The van der Waals surface area contributed by atoms with Gasteiger partial charge in [0.15, 0.2) is 6.61 Å². The van der Waals surface area contributed by atoms with Crippen LogP contribution in [0.25, 0.3) is 0 Å². The molecule has 1 fully saturated rings. The number of rotatable bonds is 9. The molecule has 0 radical (unpaired) electrons. The Bertz CT molecular complexity index is 1080. The third-order valence-electron chi connectivity index (χ3n) is 5.74. The molecule has 0 aliphatic carbocycles. The normalized spacial score (nSPS) is 16.2. The molecule has 33 heavy (non-hydrogen) atoms. The van der Waals surface area contributed by atoms with Crippen LogP contribution in [0.3, 0.4) is 0 Å². The number of carbonyl (C=O) groups excluding carboxylic acids is 2. The second-order valence-electron chi connectivity index (χ2n) is 7.91. The molecule has 176 valence electrons. The van der Waals surface area contributed by atoms with Gasteiger partial charge in [-0.15, -0.1) is 6.58 Å². The van der Waals surface area contributed by atoms with Crippen molar-refractivity contribution in [3.63, 3.8) is 0 Å². The molecule has 0 N–H and O–H groups in total. The van der Waals surface area contributed by atoms with Crippen molar-refractivity contribution in [2.24, 2.45) is 0 Å². The zero-order valence-electron chi connectivity index (χ0n) is 18.9. The van der Waals surface area contributed by atoms with Crippen molar-refractivity contribution >= 4 is 27.6 Å². The molecule has 1 heterocycles. The average molecular weight is 471 g/mol. The minimum absolute atomic E-state index is 0.0453. The van der Waals surface area contributed by atoms with Gasteiger partial charge in [0, 0.05) is 12.6 Å². The summed E-state index contributed by atoms with van der Waals surface area (Å²) in [5.74, 6) is -0.958. The van der Waals surface area contributed by atoms with Gasteiger partial charge in [0.25, 0.3) is 15.9 Å². The molecule has 3 rings (SSSR count). The van der Waals surface area contributed by atoms with Crippen LogP contribution in [0.5, 0.6) is 0 Å². The van der Waals surface area contributed by atoms with Crippen molar-refractivity contribution < 1.29 is 22.7 Å². The van der Waals surface area contributed by atoms with Crippen molar-refractivity contribution in [1.29, 1.82) is 0 Å². The van der Waals surface area contributed by atoms with Crippen LogP contribution in [0.2, 0.25) is 0 Å². The smallest absolute Gasteiger partial charge is 0.338 e. The van der Waals surface area contributed by atoms with Gasteiger partial charge in [0.2, 0.25) is 0 Å². The first-order valence-corrected chi connectivity index (χ1v) is 12.6. The number of anilines is 1. The predicted molar refractivity (Wildman–Crippen MR) is 128 cm³/mol. The van der Waals surface area contributed by atoms with Crippen LogP contribution in [-0.4, -0.2) is 50.9 Å². The number of carbonyl (C=O) groups is 2. The molecular formula is C25H30N2O5S. The fourth-order valence-electron chi connectivity index (χ4n) is 4.01. The van der Waals surface area contributed by atoms with Crippen LogP contribution in [0, 0.1) is 0 Å². The Kier molecular flexibility index (Phi) is 8.27. The average Bonchev–Trinajstić information content (AvgIpc) is 2.86. The van der Waals surface area contributed by atoms with E-state index >= 15 is 0 Å². The maximum atomic E-state index is 13.3. The minimum atomic E-state index is -3.95. The second-order valence-corrected chi connectivity index (χ2v) is 9.77. The first-order valence-electron chi connectivity index (χ1n) is 11.1. The van der Waals surface area contributed by atoms with Gasteiger partial charge in [-0.3, -0.25) is 9.10 Å². The number of hydrogen-bond acceptors (Lipinski definition) is 5. The minimum Gasteiger partial charge on any atom is -0.452 e. The third kappa shape index (κ3) is 5.82. The third-order valence-corrected chi connectivity index (χ3v) is 7.53. The summed E-state index contributed by atoms with van der Waals surface area (Å²) in [7, 11) is -3.95. The van der Waals surface area contributed by atoms with E-state index in [0.717, 1.165) is 25.7 Å². The molecule has 7 nitrogen and oxygen atoms in total. The van der Waals surface area contributed by atoms with E-state index in [1.54, 1.807) is 35.2 Å². The lowest BCUT2D eigenvalue weighted by Crippen LogP contribution is -2.45. The maximum absolute atomic E-state index is 13.3. The molecule has 1 aliphatic rings. The lowest BCUT2D eigenvalue weighted by Gasteiger charge is -2.35. The first-order chi connectivity index (χ1) is 15.9. The Balaban J connectivity index is 1.74. The van der Waals surface area contributed by atoms with Gasteiger partial charge in [0.1, 0.15) is 0 Å². The van der Waals surface area contributed by atoms with E-state index < -0.39 is 16.0 Å². The first kappa shape index (κ1) is 24.5. The molecule has 1 aliphatic heterocycles. The SMILES string of the molecule is C=CCN(c1ccccc1)S(=O)(=O)c1cccc(C(=O)OCC(=O)N2CCCCC2CC)c1. The molecule has 0 saturated carbocycles. The van der Waals surface area contributed by atoms with Crippen LogP contribution in [0.4, 0.5) is 5.69 Å². The molecule has 0 aromatic heterocycles. The molecule has 1 atom stereocenters. The molecule has 8 heteroatoms. The molecular weight excluding hydrogens is 440 g/mol. The number of esters is 1. The molecule has 0 bridgehead atoms. The summed E-state index contributed by atoms with van der Waals surface area (Å²) in [6.45, 7) is 6.07. The molecule has 1 unspecified atom stereocenters.